The van der Waals surface area contributed by atoms with E-state index >= 15 is 0 Å². The molecule has 29 heavy (non-hydrogen) atoms. The van der Waals surface area contributed by atoms with Gasteiger partial charge in [-0.05, 0) is 50.6 Å². The summed E-state index contributed by atoms with van der Waals surface area (Å²) in [6.07, 6.45) is 5.10. The molecule has 0 aliphatic heterocycles. The number of nitrogens with one attached hydrogen (secondary N) is 2. The average Bonchev–Trinajstić information content (AvgIpc) is 3.03. The summed E-state index contributed by atoms with van der Waals surface area (Å²) in [7, 11) is -1.83. The lowest BCUT2D eigenvalue weighted by Crippen LogP contribution is -2.33. The first kappa shape index (κ1) is 21.4. The van der Waals surface area contributed by atoms with Gasteiger partial charge in [-0.15, -0.1) is 0 Å². The zero-order valence-corrected chi connectivity index (χ0v) is 18.6. The summed E-state index contributed by atoms with van der Waals surface area (Å²) in [5.41, 5.74) is 2.32. The van der Waals surface area contributed by atoms with E-state index < -0.39 is 14.8 Å². The molecule has 0 saturated carbocycles. The van der Waals surface area contributed by atoms with Gasteiger partial charge < -0.3 is 5.32 Å². The van der Waals surface area contributed by atoms with Crippen molar-refractivity contribution in [3.05, 3.63) is 47.1 Å². The summed E-state index contributed by atoms with van der Waals surface area (Å²) in [5.74, 6) is 0.449. The maximum absolute atomic E-state index is 12.5. The third kappa shape index (κ3) is 4.80. The molecule has 0 aliphatic carbocycles. The second-order valence-corrected chi connectivity index (χ2v) is 10.5. The van der Waals surface area contributed by atoms with Gasteiger partial charge in [0.15, 0.2) is 0 Å². The van der Waals surface area contributed by atoms with Crippen molar-refractivity contribution in [2.45, 2.75) is 25.5 Å². The fourth-order valence-corrected chi connectivity index (χ4v) is 3.46. The second-order valence-electron chi connectivity index (χ2n) is 7.34. The Morgan fingerprint density at radius 2 is 1.86 bits per heavy atom. The molecule has 3 rings (SSSR count). The Morgan fingerprint density at radius 1 is 1.14 bits per heavy atom. The van der Waals surface area contributed by atoms with Crippen molar-refractivity contribution in [3.8, 4) is 11.1 Å². The second kappa shape index (κ2) is 7.81. The molecule has 2 aromatic heterocycles. The van der Waals surface area contributed by atoms with Gasteiger partial charge in [-0.2, -0.15) is 10.1 Å². The summed E-state index contributed by atoms with van der Waals surface area (Å²) in [6.45, 7) is 4.82. The molecule has 0 amide bonds. The highest BCUT2D eigenvalue weighted by atomic mass is 35.5. The first-order valence-corrected chi connectivity index (χ1v) is 10.8. The smallest absolute Gasteiger partial charge is 0.237 e. The van der Waals surface area contributed by atoms with Gasteiger partial charge in [0.05, 0.1) is 21.7 Å². The minimum Gasteiger partial charge on any atom is -0.340 e. The van der Waals surface area contributed by atoms with Crippen LogP contribution >= 0.6 is 23.2 Å². The van der Waals surface area contributed by atoms with Crippen LogP contribution in [0.5, 0.6) is 0 Å². The lowest BCUT2D eigenvalue weighted by atomic mass is 10.2. The van der Waals surface area contributed by atoms with Gasteiger partial charge in [0.2, 0.25) is 15.3 Å². The normalized spacial score (nSPS) is 12.1. The quantitative estimate of drug-likeness (QED) is 0.551. The highest BCUT2D eigenvalue weighted by Crippen LogP contribution is 2.33. The lowest BCUT2D eigenvalue weighted by molar-refractivity contribution is 0.566. The van der Waals surface area contributed by atoms with Crippen LogP contribution in [0.1, 0.15) is 20.8 Å². The first-order valence-electron chi connectivity index (χ1n) is 8.57. The topological polar surface area (TPSA) is 102 Å². The Hall–Kier alpha value is -2.36. The summed E-state index contributed by atoms with van der Waals surface area (Å²) in [4.78, 5) is 8.29. The number of nitrogens with zero attached hydrogens (tertiary/aromatic N) is 4. The zero-order chi connectivity index (χ0) is 21.4. The molecular weight excluding hydrogens is 435 g/mol. The molecule has 2 heterocycles. The Kier molecular flexibility index (Phi) is 5.75. The fraction of sp³-hybridized carbons (Fsp3) is 0.278. The molecule has 2 N–H and O–H groups in total. The van der Waals surface area contributed by atoms with Crippen molar-refractivity contribution in [1.82, 2.24) is 19.7 Å². The zero-order valence-electron chi connectivity index (χ0n) is 16.2. The Labute approximate surface area is 179 Å². The SMILES string of the molecule is Cn1cc(-c2cnc(Cl)nc2Nc2ccc(Cl)c(NS(=O)(=O)C(C)(C)C)c2)cn1. The summed E-state index contributed by atoms with van der Waals surface area (Å²) in [5, 5.41) is 7.65. The van der Waals surface area contributed by atoms with E-state index in [2.05, 4.69) is 25.1 Å². The molecule has 1 aromatic carbocycles. The Balaban J connectivity index is 1.97. The summed E-state index contributed by atoms with van der Waals surface area (Å²) in [6, 6.07) is 4.89. The van der Waals surface area contributed by atoms with Crippen LogP contribution in [0.3, 0.4) is 0 Å². The van der Waals surface area contributed by atoms with Crippen LogP contribution in [0.25, 0.3) is 11.1 Å². The first-order chi connectivity index (χ1) is 13.5. The van der Waals surface area contributed by atoms with Gasteiger partial charge in [-0.3, -0.25) is 9.40 Å². The van der Waals surface area contributed by atoms with Crippen LogP contribution < -0.4 is 10.0 Å². The monoisotopic (exact) mass is 454 g/mol. The van der Waals surface area contributed by atoms with Crippen molar-refractivity contribution in [1.29, 1.82) is 0 Å². The Bertz CT molecular complexity index is 1160. The third-order valence-corrected chi connectivity index (χ3v) is 6.67. The minimum atomic E-state index is -3.64. The molecule has 0 atom stereocenters. The number of halogens is 2. The van der Waals surface area contributed by atoms with E-state index in [1.165, 1.54) is 0 Å². The summed E-state index contributed by atoms with van der Waals surface area (Å²) >= 11 is 12.2. The Morgan fingerprint density at radius 3 is 2.48 bits per heavy atom. The molecule has 8 nitrogen and oxygen atoms in total. The van der Waals surface area contributed by atoms with E-state index in [9.17, 15) is 8.42 Å². The summed E-state index contributed by atoms with van der Waals surface area (Å²) < 4.78 is 28.2. The number of aryl methyl sites for hydroxylation is 1. The highest BCUT2D eigenvalue weighted by Gasteiger charge is 2.29. The van der Waals surface area contributed by atoms with Crippen LogP contribution in [0.15, 0.2) is 36.8 Å². The standard InChI is InChI=1S/C18H20Cl2N6O2S/c1-18(2,3)29(27,28)25-15-7-12(5-6-14(15)19)23-16-13(9-21-17(20)24-16)11-8-22-26(4)10-11/h5-10,25H,1-4H3,(H,21,23,24). The van der Waals surface area contributed by atoms with Crippen molar-refractivity contribution < 1.29 is 8.42 Å². The van der Waals surface area contributed by atoms with Gasteiger partial charge in [0.25, 0.3) is 0 Å². The number of aromatic nitrogens is 4. The van der Waals surface area contributed by atoms with Crippen LogP contribution in [-0.2, 0) is 17.1 Å². The fourth-order valence-electron chi connectivity index (χ4n) is 2.34. The van der Waals surface area contributed by atoms with Gasteiger partial charge in [0.1, 0.15) is 5.82 Å². The number of benzene rings is 1. The van der Waals surface area contributed by atoms with Crippen molar-refractivity contribution in [3.63, 3.8) is 0 Å². The van der Waals surface area contributed by atoms with Crippen molar-refractivity contribution in [2.24, 2.45) is 7.05 Å². The van der Waals surface area contributed by atoms with Gasteiger partial charge in [-0.1, -0.05) is 11.6 Å². The van der Waals surface area contributed by atoms with Crippen molar-refractivity contribution >= 4 is 50.4 Å². The predicted molar refractivity (Wildman–Crippen MR) is 116 cm³/mol. The number of rotatable bonds is 5. The minimum absolute atomic E-state index is 0.0720. The maximum Gasteiger partial charge on any atom is 0.237 e. The van der Waals surface area contributed by atoms with E-state index in [1.807, 2.05) is 6.20 Å². The van der Waals surface area contributed by atoms with Crippen LogP contribution in [-0.4, -0.2) is 32.9 Å². The maximum atomic E-state index is 12.5. The van der Waals surface area contributed by atoms with Gasteiger partial charge >= 0.3 is 0 Å². The number of hydrogen-bond donors (Lipinski definition) is 2. The molecule has 0 spiro atoms. The van der Waals surface area contributed by atoms with E-state index in [0.717, 1.165) is 5.56 Å². The molecule has 154 valence electrons. The molecule has 0 radical (unpaired) electrons. The van der Waals surface area contributed by atoms with E-state index in [4.69, 9.17) is 23.2 Å². The number of anilines is 3. The van der Waals surface area contributed by atoms with Crippen LogP contribution in [0, 0.1) is 0 Å². The van der Waals surface area contributed by atoms with E-state index in [0.29, 0.717) is 17.1 Å². The van der Waals surface area contributed by atoms with Crippen molar-refractivity contribution in [2.75, 3.05) is 10.0 Å². The van der Waals surface area contributed by atoms with Crippen LogP contribution in [0.4, 0.5) is 17.2 Å². The van der Waals surface area contributed by atoms with E-state index in [1.54, 1.807) is 63.1 Å². The molecule has 3 aromatic rings. The molecule has 0 fully saturated rings. The van der Waals surface area contributed by atoms with Gasteiger partial charge in [-0.25, -0.2) is 13.4 Å². The van der Waals surface area contributed by atoms with E-state index in [-0.39, 0.29) is 16.0 Å². The number of sulfonamides is 1. The average molecular weight is 455 g/mol. The highest BCUT2D eigenvalue weighted by molar-refractivity contribution is 7.94. The third-order valence-electron chi connectivity index (χ3n) is 4.05. The van der Waals surface area contributed by atoms with Gasteiger partial charge in [0, 0.05) is 36.3 Å². The van der Waals surface area contributed by atoms with Crippen LogP contribution in [0.2, 0.25) is 10.3 Å². The lowest BCUT2D eigenvalue weighted by Gasteiger charge is -2.21. The molecule has 0 unspecified atom stereocenters. The molecule has 0 bridgehead atoms. The number of hydrogen-bond acceptors (Lipinski definition) is 6. The predicted octanol–water partition coefficient (Wildman–Crippen LogP) is 4.47. The largest absolute Gasteiger partial charge is 0.340 e. The molecule has 0 aliphatic rings. The molecular formula is C18H20Cl2N6O2S. The molecule has 11 heteroatoms. The molecule has 0 saturated heterocycles.